The fraction of sp³-hybridized carbons (Fsp3) is 0.300. The van der Waals surface area contributed by atoms with Crippen LogP contribution in [0, 0.1) is 0 Å². The molecule has 0 radical (unpaired) electrons. The highest BCUT2D eigenvalue weighted by Gasteiger charge is 2.15. The van der Waals surface area contributed by atoms with Gasteiger partial charge in [0.05, 0.1) is 12.6 Å². The van der Waals surface area contributed by atoms with Gasteiger partial charge in [-0.2, -0.15) is 0 Å². The smallest absolute Gasteiger partial charge is 0.355 e. The van der Waals surface area contributed by atoms with Crippen molar-refractivity contribution in [2.45, 2.75) is 13.0 Å². The van der Waals surface area contributed by atoms with Gasteiger partial charge in [0.25, 0.3) is 0 Å². The van der Waals surface area contributed by atoms with Gasteiger partial charge in [-0.05, 0) is 6.92 Å². The second-order valence-corrected chi connectivity index (χ2v) is 4.87. The fourth-order valence-electron chi connectivity index (χ4n) is 1.07. The van der Waals surface area contributed by atoms with Crippen LogP contribution in [0.5, 0.6) is 0 Å². The van der Waals surface area contributed by atoms with Gasteiger partial charge in [0.1, 0.15) is 5.01 Å². The molecule has 1 heterocycles. The number of rotatable bonds is 5. The van der Waals surface area contributed by atoms with Crippen LogP contribution in [0.3, 0.4) is 0 Å². The molecule has 0 saturated heterocycles. The van der Waals surface area contributed by atoms with E-state index in [1.165, 1.54) is 16.7 Å². The third-order valence-corrected chi connectivity index (χ3v) is 3.06. The molecule has 0 fully saturated rings. The minimum absolute atomic E-state index is 0.0294. The van der Waals surface area contributed by atoms with E-state index in [4.69, 9.17) is 16.7 Å². The molecule has 0 aliphatic carbocycles. The van der Waals surface area contributed by atoms with Crippen LogP contribution in [-0.2, 0) is 0 Å². The molecule has 1 aromatic heterocycles. The Morgan fingerprint density at radius 1 is 1.67 bits per heavy atom. The van der Waals surface area contributed by atoms with E-state index >= 15 is 0 Å². The Kier molecular flexibility index (Phi) is 5.11. The lowest BCUT2D eigenvalue weighted by molar-refractivity contribution is 0.0691. The van der Waals surface area contributed by atoms with Crippen LogP contribution in [0.15, 0.2) is 17.0 Å². The molecular formula is C10H12ClN3O3S. The van der Waals surface area contributed by atoms with E-state index in [-0.39, 0.29) is 18.3 Å². The number of aromatic carboxylic acids is 1. The summed E-state index contributed by atoms with van der Waals surface area (Å²) in [5.41, 5.74) is -0.0294. The van der Waals surface area contributed by atoms with Gasteiger partial charge in [-0.3, -0.25) is 0 Å². The molecular weight excluding hydrogens is 278 g/mol. The van der Waals surface area contributed by atoms with E-state index < -0.39 is 12.0 Å². The monoisotopic (exact) mass is 289 g/mol. The molecule has 1 rings (SSSR count). The summed E-state index contributed by atoms with van der Waals surface area (Å²) in [6.45, 7) is 5.31. The summed E-state index contributed by atoms with van der Waals surface area (Å²) in [4.78, 5) is 26.0. The lowest BCUT2D eigenvalue weighted by Crippen LogP contribution is -2.37. The van der Waals surface area contributed by atoms with Gasteiger partial charge in [0.2, 0.25) is 0 Å². The summed E-state index contributed by atoms with van der Waals surface area (Å²) in [6.07, 6.45) is 0. The Morgan fingerprint density at radius 2 is 2.33 bits per heavy atom. The number of carbonyl (C=O) groups excluding carboxylic acids is 1. The molecule has 0 aliphatic rings. The topological polar surface area (TPSA) is 91.3 Å². The van der Waals surface area contributed by atoms with Crippen LogP contribution in [0.25, 0.3) is 0 Å². The second-order valence-electron chi connectivity index (χ2n) is 3.44. The Morgan fingerprint density at radius 3 is 2.83 bits per heavy atom. The number of carboxylic acid groups (broad SMARTS) is 1. The van der Waals surface area contributed by atoms with Crippen molar-refractivity contribution in [2.75, 3.05) is 6.54 Å². The third-order valence-electron chi connectivity index (χ3n) is 1.90. The van der Waals surface area contributed by atoms with Gasteiger partial charge in [-0.1, -0.05) is 18.2 Å². The van der Waals surface area contributed by atoms with E-state index in [0.29, 0.717) is 10.0 Å². The molecule has 1 aromatic rings. The zero-order valence-electron chi connectivity index (χ0n) is 9.57. The molecule has 18 heavy (non-hydrogen) atoms. The predicted molar refractivity (Wildman–Crippen MR) is 69.0 cm³/mol. The fourth-order valence-corrected chi connectivity index (χ4v) is 1.94. The number of nitrogens with one attached hydrogen (secondary N) is 2. The molecule has 0 aliphatic heterocycles. The molecule has 1 unspecified atom stereocenters. The van der Waals surface area contributed by atoms with Gasteiger partial charge in [-0.25, -0.2) is 14.6 Å². The molecule has 0 saturated carbocycles. The van der Waals surface area contributed by atoms with Crippen molar-refractivity contribution in [3.05, 3.63) is 27.7 Å². The Hall–Kier alpha value is -1.60. The van der Waals surface area contributed by atoms with Crippen molar-refractivity contribution in [2.24, 2.45) is 0 Å². The number of amides is 2. The van der Waals surface area contributed by atoms with E-state index in [0.717, 1.165) is 0 Å². The number of carbonyl (C=O) groups is 2. The highest BCUT2D eigenvalue weighted by molar-refractivity contribution is 7.09. The zero-order valence-corrected chi connectivity index (χ0v) is 11.1. The maximum absolute atomic E-state index is 11.4. The molecule has 0 aromatic carbocycles. The Labute approximate surface area is 113 Å². The zero-order chi connectivity index (χ0) is 13.7. The summed E-state index contributed by atoms with van der Waals surface area (Å²) >= 11 is 6.68. The molecule has 0 bridgehead atoms. The Balaban J connectivity index is 2.53. The summed E-state index contributed by atoms with van der Waals surface area (Å²) in [6, 6.07) is -0.803. The normalized spacial score (nSPS) is 11.7. The highest BCUT2D eigenvalue weighted by atomic mass is 35.5. The Bertz CT molecular complexity index is 475. The number of thiazole rings is 1. The number of nitrogens with zero attached hydrogens (tertiary/aromatic N) is 1. The minimum atomic E-state index is -1.09. The summed E-state index contributed by atoms with van der Waals surface area (Å²) < 4.78 is 0. The van der Waals surface area contributed by atoms with E-state index in [1.807, 2.05) is 0 Å². The quantitative estimate of drug-likeness (QED) is 0.772. The third kappa shape index (κ3) is 4.34. The first-order chi connectivity index (χ1) is 8.40. The molecule has 98 valence electrons. The van der Waals surface area contributed by atoms with Crippen LogP contribution in [0.2, 0.25) is 0 Å². The number of hydrogen-bond acceptors (Lipinski definition) is 4. The summed E-state index contributed by atoms with van der Waals surface area (Å²) in [5.74, 6) is -1.09. The molecule has 3 N–H and O–H groups in total. The van der Waals surface area contributed by atoms with Crippen molar-refractivity contribution < 1.29 is 14.7 Å². The van der Waals surface area contributed by atoms with E-state index in [9.17, 15) is 9.59 Å². The molecule has 2 amide bonds. The first-order valence-electron chi connectivity index (χ1n) is 4.96. The molecule has 0 spiro atoms. The lowest BCUT2D eigenvalue weighted by Gasteiger charge is -2.11. The summed E-state index contributed by atoms with van der Waals surface area (Å²) in [7, 11) is 0. The van der Waals surface area contributed by atoms with Crippen LogP contribution in [0.1, 0.15) is 28.5 Å². The largest absolute Gasteiger partial charge is 0.476 e. The average molecular weight is 290 g/mol. The summed E-state index contributed by atoms with van der Waals surface area (Å²) in [5, 5.41) is 16.1. The molecule has 8 heteroatoms. The highest BCUT2D eigenvalue weighted by Crippen LogP contribution is 2.17. The molecule has 1 atom stereocenters. The number of carboxylic acids is 1. The number of hydrogen-bond donors (Lipinski definition) is 3. The number of urea groups is 1. The maximum atomic E-state index is 11.4. The number of halogens is 1. The van der Waals surface area contributed by atoms with Gasteiger partial charge in [-0.15, -0.1) is 11.3 Å². The minimum Gasteiger partial charge on any atom is -0.476 e. The first-order valence-corrected chi connectivity index (χ1v) is 6.22. The van der Waals surface area contributed by atoms with E-state index in [2.05, 4.69) is 22.2 Å². The van der Waals surface area contributed by atoms with Crippen LogP contribution >= 0.6 is 22.9 Å². The number of aromatic nitrogens is 1. The van der Waals surface area contributed by atoms with E-state index in [1.54, 1.807) is 6.92 Å². The van der Waals surface area contributed by atoms with Crippen LogP contribution in [-0.4, -0.2) is 28.6 Å². The standard InChI is InChI=1S/C10H12ClN3O3S/c1-5(11)3-12-10(17)13-6(2)8-14-7(4-18-8)9(15)16/h4,6H,1,3H2,2H3,(H,15,16)(H2,12,13,17). The van der Waals surface area contributed by atoms with Crippen molar-refractivity contribution in [1.82, 2.24) is 15.6 Å². The first kappa shape index (κ1) is 14.5. The second kappa shape index (κ2) is 6.36. The SMILES string of the molecule is C=C(Cl)CNC(=O)NC(C)c1nc(C(=O)O)cs1. The predicted octanol–water partition coefficient (Wildman–Crippen LogP) is 1.95. The van der Waals surface area contributed by atoms with Crippen molar-refractivity contribution in [3.63, 3.8) is 0 Å². The lowest BCUT2D eigenvalue weighted by atomic mass is 10.3. The van der Waals surface area contributed by atoms with Gasteiger partial charge >= 0.3 is 12.0 Å². The van der Waals surface area contributed by atoms with Gasteiger partial charge in [0, 0.05) is 10.4 Å². The van der Waals surface area contributed by atoms with Crippen molar-refractivity contribution >= 4 is 34.9 Å². The van der Waals surface area contributed by atoms with Crippen LogP contribution in [0.4, 0.5) is 4.79 Å². The maximum Gasteiger partial charge on any atom is 0.355 e. The van der Waals surface area contributed by atoms with Gasteiger partial charge in [0.15, 0.2) is 5.69 Å². The van der Waals surface area contributed by atoms with Crippen molar-refractivity contribution in [3.8, 4) is 0 Å². The van der Waals surface area contributed by atoms with Crippen molar-refractivity contribution in [1.29, 1.82) is 0 Å². The molecule has 6 nitrogen and oxygen atoms in total. The average Bonchev–Trinajstić information content (AvgIpc) is 2.75. The van der Waals surface area contributed by atoms with Crippen LogP contribution < -0.4 is 10.6 Å². The van der Waals surface area contributed by atoms with Gasteiger partial charge < -0.3 is 15.7 Å².